The molecule has 0 aliphatic heterocycles. The Labute approximate surface area is 206 Å². The molecule has 184 valence electrons. The van der Waals surface area contributed by atoms with Crippen molar-refractivity contribution in [2.24, 2.45) is 0 Å². The molecule has 3 heterocycles. The molecule has 8 nitrogen and oxygen atoms in total. The minimum atomic E-state index is 0.0941. The highest BCUT2D eigenvalue weighted by Gasteiger charge is 2.17. The van der Waals surface area contributed by atoms with Gasteiger partial charge in [-0.05, 0) is 43.0 Å². The molecule has 4 aromatic rings. The second-order valence-corrected chi connectivity index (χ2v) is 9.05. The van der Waals surface area contributed by atoms with Crippen molar-refractivity contribution in [1.29, 1.82) is 0 Å². The number of H-pyrrole nitrogens is 1. The highest BCUT2D eigenvalue weighted by molar-refractivity contribution is 5.78. The summed E-state index contributed by atoms with van der Waals surface area (Å²) in [6.45, 7) is 7.81. The first kappa shape index (κ1) is 24.6. The van der Waals surface area contributed by atoms with Gasteiger partial charge in [-0.3, -0.25) is 14.1 Å². The molecule has 4 rings (SSSR count). The molecule has 0 saturated carbocycles. The lowest BCUT2D eigenvalue weighted by atomic mass is 10.0. The van der Waals surface area contributed by atoms with Gasteiger partial charge in [0.05, 0.1) is 12.2 Å². The van der Waals surface area contributed by atoms with Crippen LogP contribution >= 0.6 is 0 Å². The summed E-state index contributed by atoms with van der Waals surface area (Å²) in [6, 6.07) is 11.9. The van der Waals surface area contributed by atoms with E-state index >= 15 is 0 Å². The average molecular weight is 474 g/mol. The van der Waals surface area contributed by atoms with E-state index in [1.807, 2.05) is 45.7 Å². The van der Waals surface area contributed by atoms with Crippen LogP contribution < -0.4 is 5.69 Å². The second kappa shape index (κ2) is 11.7. The van der Waals surface area contributed by atoms with Gasteiger partial charge < -0.3 is 0 Å². The van der Waals surface area contributed by atoms with Gasteiger partial charge in [-0.25, -0.2) is 4.79 Å². The molecule has 8 heteroatoms. The van der Waals surface area contributed by atoms with Crippen LogP contribution in [0.2, 0.25) is 0 Å². The third-order valence-corrected chi connectivity index (χ3v) is 6.57. The van der Waals surface area contributed by atoms with E-state index in [0.29, 0.717) is 12.4 Å². The van der Waals surface area contributed by atoms with Crippen LogP contribution in [0.15, 0.2) is 47.4 Å². The quantitative estimate of drug-likeness (QED) is 0.286. The summed E-state index contributed by atoms with van der Waals surface area (Å²) in [4.78, 5) is 18.1. The number of hydrogen-bond donors (Lipinski definition) is 1. The van der Waals surface area contributed by atoms with Crippen molar-refractivity contribution in [3.05, 3.63) is 70.0 Å². The van der Waals surface area contributed by atoms with E-state index in [4.69, 9.17) is 4.98 Å². The maximum atomic E-state index is 13.4. The summed E-state index contributed by atoms with van der Waals surface area (Å²) in [7, 11) is 0. The van der Waals surface area contributed by atoms with Gasteiger partial charge in [0.15, 0.2) is 0 Å². The van der Waals surface area contributed by atoms with Crippen molar-refractivity contribution in [1.82, 2.24) is 34.7 Å². The van der Waals surface area contributed by atoms with Crippen LogP contribution in [0.25, 0.3) is 22.6 Å². The molecular formula is C27H35N7O. The van der Waals surface area contributed by atoms with Crippen molar-refractivity contribution in [2.45, 2.75) is 78.8 Å². The number of nitrogens with zero attached hydrogens (tertiary/aromatic N) is 6. The number of hydrogen-bond acceptors (Lipinski definition) is 5. The van der Waals surface area contributed by atoms with Gasteiger partial charge in [0.1, 0.15) is 0 Å². The fraction of sp³-hybridized carbons (Fsp3) is 0.444. The van der Waals surface area contributed by atoms with E-state index in [-0.39, 0.29) is 5.69 Å². The first-order valence-electron chi connectivity index (χ1n) is 12.7. The Balaban J connectivity index is 1.61. The summed E-state index contributed by atoms with van der Waals surface area (Å²) in [5.74, 6) is 0.537. The lowest BCUT2D eigenvalue weighted by Gasteiger charge is -2.10. The van der Waals surface area contributed by atoms with Crippen LogP contribution in [0, 0.1) is 6.92 Å². The van der Waals surface area contributed by atoms with Crippen molar-refractivity contribution in [3.8, 4) is 22.6 Å². The normalized spacial score (nSPS) is 11.3. The van der Waals surface area contributed by atoms with Gasteiger partial charge in [-0.2, -0.15) is 5.21 Å². The molecule has 0 unspecified atom stereocenters. The number of imidazole rings is 1. The van der Waals surface area contributed by atoms with E-state index in [2.05, 4.69) is 47.5 Å². The third kappa shape index (κ3) is 5.58. The van der Waals surface area contributed by atoms with Gasteiger partial charge in [0.25, 0.3) is 0 Å². The predicted octanol–water partition coefficient (Wildman–Crippen LogP) is 5.17. The molecule has 0 aliphatic carbocycles. The van der Waals surface area contributed by atoms with Gasteiger partial charge in [0.2, 0.25) is 5.82 Å². The summed E-state index contributed by atoms with van der Waals surface area (Å²) < 4.78 is 3.93. The fourth-order valence-electron chi connectivity index (χ4n) is 4.60. The van der Waals surface area contributed by atoms with Crippen LogP contribution in [0.4, 0.5) is 0 Å². The van der Waals surface area contributed by atoms with Crippen LogP contribution in [0.5, 0.6) is 0 Å². The number of unbranched alkanes of at least 4 members (excludes halogenated alkanes) is 4. The van der Waals surface area contributed by atoms with Crippen LogP contribution in [-0.4, -0.2) is 34.7 Å². The maximum absolute atomic E-state index is 13.4. The van der Waals surface area contributed by atoms with Crippen LogP contribution in [-0.2, 0) is 19.5 Å². The number of rotatable bonds is 12. The first-order valence-corrected chi connectivity index (χ1v) is 12.7. The average Bonchev–Trinajstić information content (AvgIpc) is 3.49. The van der Waals surface area contributed by atoms with Crippen LogP contribution in [0.1, 0.15) is 69.3 Å². The van der Waals surface area contributed by atoms with E-state index in [0.717, 1.165) is 78.8 Å². The number of aromatic amines is 1. The maximum Gasteiger partial charge on any atom is 0.328 e. The van der Waals surface area contributed by atoms with E-state index < -0.39 is 0 Å². The van der Waals surface area contributed by atoms with Crippen molar-refractivity contribution >= 4 is 0 Å². The van der Waals surface area contributed by atoms with Crippen molar-refractivity contribution in [2.75, 3.05) is 0 Å². The van der Waals surface area contributed by atoms with Gasteiger partial charge in [-0.1, -0.05) is 69.9 Å². The molecule has 0 fully saturated rings. The van der Waals surface area contributed by atoms with Gasteiger partial charge >= 0.3 is 5.69 Å². The Morgan fingerprint density at radius 3 is 2.37 bits per heavy atom. The third-order valence-electron chi connectivity index (χ3n) is 6.57. The Morgan fingerprint density at radius 2 is 1.69 bits per heavy atom. The van der Waals surface area contributed by atoms with Gasteiger partial charge in [-0.15, -0.1) is 10.2 Å². The number of aromatic nitrogens is 7. The zero-order chi connectivity index (χ0) is 24.6. The Hall–Kier alpha value is -3.55. The van der Waals surface area contributed by atoms with Crippen molar-refractivity contribution in [3.63, 3.8) is 0 Å². The number of tetrazole rings is 1. The molecule has 0 amide bonds. The number of nitrogens with one attached hydrogen (secondary N) is 1. The summed E-state index contributed by atoms with van der Waals surface area (Å²) in [6.07, 6.45) is 9.55. The SMILES string of the molecule is CCCCCc1c(C)n(CCCCC)c(=O)n1Cc1ccc(-c2ccccc2-c2nn[nH]n2)nc1. The first-order chi connectivity index (χ1) is 17.1. The number of benzene rings is 1. The fourth-order valence-corrected chi connectivity index (χ4v) is 4.60. The van der Waals surface area contributed by atoms with E-state index in [1.54, 1.807) is 0 Å². The molecule has 1 N–H and O–H groups in total. The van der Waals surface area contributed by atoms with Crippen molar-refractivity contribution < 1.29 is 0 Å². The molecule has 0 atom stereocenters. The molecule has 35 heavy (non-hydrogen) atoms. The lowest BCUT2D eigenvalue weighted by Crippen LogP contribution is -2.26. The molecule has 3 aromatic heterocycles. The van der Waals surface area contributed by atoms with Gasteiger partial charge in [0, 0.05) is 35.3 Å². The Bertz CT molecular complexity index is 1270. The standard InChI is InChI=1S/C27H35N7O/c1-4-6-8-14-25-20(3)33(17-11-7-5-2)27(35)34(25)19-21-15-16-24(28-18-21)22-12-9-10-13-23(22)26-29-31-32-30-26/h9-10,12-13,15-16,18H,4-8,11,14,17,19H2,1-3H3,(H,29,30,31,32). The summed E-state index contributed by atoms with van der Waals surface area (Å²) in [5.41, 5.74) is 6.02. The molecule has 0 saturated heterocycles. The lowest BCUT2D eigenvalue weighted by molar-refractivity contribution is 0.565. The minimum Gasteiger partial charge on any atom is -0.296 e. The molecular weight excluding hydrogens is 438 g/mol. The zero-order valence-corrected chi connectivity index (χ0v) is 21.0. The Kier molecular flexibility index (Phi) is 8.23. The number of pyridine rings is 1. The summed E-state index contributed by atoms with van der Waals surface area (Å²) in [5, 5.41) is 14.4. The summed E-state index contributed by atoms with van der Waals surface area (Å²) >= 11 is 0. The molecule has 1 aromatic carbocycles. The van der Waals surface area contributed by atoms with Crippen LogP contribution in [0.3, 0.4) is 0 Å². The predicted molar refractivity (Wildman–Crippen MR) is 138 cm³/mol. The minimum absolute atomic E-state index is 0.0941. The van der Waals surface area contributed by atoms with E-state index in [1.165, 1.54) is 6.42 Å². The highest BCUT2D eigenvalue weighted by Crippen LogP contribution is 2.28. The molecule has 0 bridgehead atoms. The molecule has 0 aliphatic rings. The Morgan fingerprint density at radius 1 is 0.914 bits per heavy atom. The topological polar surface area (TPSA) is 94.3 Å². The second-order valence-electron chi connectivity index (χ2n) is 9.05. The monoisotopic (exact) mass is 473 g/mol. The molecule has 0 spiro atoms. The van der Waals surface area contributed by atoms with E-state index in [9.17, 15) is 4.79 Å². The zero-order valence-electron chi connectivity index (χ0n) is 21.0. The smallest absolute Gasteiger partial charge is 0.296 e. The largest absolute Gasteiger partial charge is 0.328 e. The highest BCUT2D eigenvalue weighted by atomic mass is 16.1. The molecule has 0 radical (unpaired) electrons.